The summed E-state index contributed by atoms with van der Waals surface area (Å²) < 4.78 is 0. The number of carbonyl (C=O) groups is 1. The van der Waals surface area contributed by atoms with Gasteiger partial charge < -0.3 is 14.9 Å². The van der Waals surface area contributed by atoms with E-state index in [1.807, 2.05) is 18.2 Å². The van der Waals surface area contributed by atoms with E-state index in [4.69, 9.17) is 0 Å². The van der Waals surface area contributed by atoms with E-state index in [9.17, 15) is 9.90 Å². The van der Waals surface area contributed by atoms with Crippen LogP contribution in [-0.2, 0) is 6.42 Å². The number of H-pyrrole nitrogens is 1. The van der Waals surface area contributed by atoms with Gasteiger partial charge in [-0.1, -0.05) is 6.07 Å². The van der Waals surface area contributed by atoms with Gasteiger partial charge in [0.15, 0.2) is 0 Å². The summed E-state index contributed by atoms with van der Waals surface area (Å²) >= 11 is 0. The molecule has 0 aromatic carbocycles. The molecule has 2 rings (SSSR count). The maximum Gasteiger partial charge on any atom is 1.00 e. The quantitative estimate of drug-likeness (QED) is 0.561. The molecule has 2 heterocycles. The first-order valence-corrected chi connectivity index (χ1v) is 4.55. The first-order chi connectivity index (χ1) is 7.25. The standard InChI is InChI=1S/C11H10N2O2.Li/c14-11(15)10-5-4-9(13-10)7-8-3-1-2-6-12-8;/h1-6,13H,7H2,(H,14,15);/q;+1/p-1. The Kier molecular flexibility index (Phi) is 4.36. The molecule has 0 bridgehead atoms. The van der Waals surface area contributed by atoms with Crippen LogP contribution in [0.1, 0.15) is 21.9 Å². The SMILES string of the molecule is O=C([O-])c1ccc(Cc2ccccn2)[nH]1.[Li+]. The number of hydrogen-bond acceptors (Lipinski definition) is 3. The summed E-state index contributed by atoms with van der Waals surface area (Å²) in [5, 5.41) is 10.5. The fourth-order valence-electron chi connectivity index (χ4n) is 1.36. The molecule has 0 unspecified atom stereocenters. The Balaban J connectivity index is 0.00000128. The number of carbonyl (C=O) groups excluding carboxylic acids is 1. The van der Waals surface area contributed by atoms with E-state index in [-0.39, 0.29) is 24.6 Å². The summed E-state index contributed by atoms with van der Waals surface area (Å²) in [7, 11) is 0. The summed E-state index contributed by atoms with van der Waals surface area (Å²) in [4.78, 5) is 17.4. The summed E-state index contributed by atoms with van der Waals surface area (Å²) in [5.74, 6) is -1.19. The number of hydrogen-bond donors (Lipinski definition) is 1. The van der Waals surface area contributed by atoms with Crippen molar-refractivity contribution < 1.29 is 28.8 Å². The van der Waals surface area contributed by atoms with Gasteiger partial charge in [-0.05, 0) is 24.3 Å². The molecule has 0 aliphatic heterocycles. The molecule has 4 nitrogen and oxygen atoms in total. The Bertz CT molecular complexity index is 468. The zero-order valence-corrected chi connectivity index (χ0v) is 8.93. The summed E-state index contributed by atoms with van der Waals surface area (Å²) in [6.45, 7) is 0. The molecule has 2 aromatic rings. The van der Waals surface area contributed by atoms with Crippen LogP contribution in [0.25, 0.3) is 0 Å². The van der Waals surface area contributed by atoms with Crippen molar-refractivity contribution in [1.29, 1.82) is 0 Å². The molecule has 0 spiro atoms. The molecule has 0 aliphatic carbocycles. The zero-order valence-electron chi connectivity index (χ0n) is 8.93. The maximum atomic E-state index is 10.5. The maximum absolute atomic E-state index is 10.5. The van der Waals surface area contributed by atoms with Crippen LogP contribution < -0.4 is 24.0 Å². The van der Waals surface area contributed by atoms with E-state index in [1.165, 1.54) is 6.07 Å². The monoisotopic (exact) mass is 208 g/mol. The molecule has 0 fully saturated rings. The van der Waals surface area contributed by atoms with Gasteiger partial charge in [0.05, 0.1) is 11.7 Å². The molecule has 0 saturated carbocycles. The summed E-state index contributed by atoms with van der Waals surface area (Å²) in [5.41, 5.74) is 1.80. The van der Waals surface area contributed by atoms with Crippen LogP contribution in [0.3, 0.4) is 0 Å². The van der Waals surface area contributed by atoms with Crippen LogP contribution in [0, 0.1) is 0 Å². The number of aromatic carboxylic acids is 1. The molecule has 1 N–H and O–H groups in total. The van der Waals surface area contributed by atoms with E-state index in [0.29, 0.717) is 6.42 Å². The van der Waals surface area contributed by atoms with Crippen LogP contribution in [0.5, 0.6) is 0 Å². The Labute approximate surface area is 105 Å². The van der Waals surface area contributed by atoms with E-state index >= 15 is 0 Å². The number of carboxylic acid groups (broad SMARTS) is 1. The third kappa shape index (κ3) is 2.99. The third-order valence-corrected chi connectivity index (χ3v) is 2.06. The number of carboxylic acids is 1. The van der Waals surface area contributed by atoms with Crippen LogP contribution >= 0.6 is 0 Å². The number of aromatic nitrogens is 2. The van der Waals surface area contributed by atoms with Gasteiger partial charge in [-0.25, -0.2) is 0 Å². The Morgan fingerprint density at radius 1 is 1.31 bits per heavy atom. The second-order valence-electron chi connectivity index (χ2n) is 3.18. The molecule has 0 amide bonds. The van der Waals surface area contributed by atoms with Crippen LogP contribution in [0.4, 0.5) is 0 Å². The molecule has 0 saturated heterocycles. The van der Waals surface area contributed by atoms with Crippen LogP contribution in [0.2, 0.25) is 0 Å². The number of rotatable bonds is 3. The average molecular weight is 208 g/mol. The van der Waals surface area contributed by atoms with Gasteiger partial charge in [-0.3, -0.25) is 4.98 Å². The van der Waals surface area contributed by atoms with Gasteiger partial charge >= 0.3 is 18.9 Å². The molecule has 5 heteroatoms. The van der Waals surface area contributed by atoms with Gasteiger partial charge in [0.1, 0.15) is 0 Å². The Hall–Kier alpha value is -1.50. The number of pyridine rings is 1. The van der Waals surface area contributed by atoms with Crippen molar-refractivity contribution in [3.63, 3.8) is 0 Å². The molecular weight excluding hydrogens is 199 g/mol. The number of nitrogens with one attached hydrogen (secondary N) is 1. The first-order valence-electron chi connectivity index (χ1n) is 4.55. The number of aromatic amines is 1. The molecule has 0 radical (unpaired) electrons. The van der Waals surface area contributed by atoms with E-state index in [0.717, 1.165) is 11.4 Å². The Morgan fingerprint density at radius 3 is 2.69 bits per heavy atom. The molecular formula is C11H9LiN2O2. The van der Waals surface area contributed by atoms with Crippen molar-refractivity contribution in [1.82, 2.24) is 9.97 Å². The van der Waals surface area contributed by atoms with Crippen molar-refractivity contribution in [2.24, 2.45) is 0 Å². The fraction of sp³-hybridized carbons (Fsp3) is 0.0909. The molecule has 76 valence electrons. The fourth-order valence-corrected chi connectivity index (χ4v) is 1.36. The first kappa shape index (κ1) is 12.6. The van der Waals surface area contributed by atoms with Crippen molar-refractivity contribution >= 4 is 5.97 Å². The van der Waals surface area contributed by atoms with Gasteiger partial charge in [0.2, 0.25) is 0 Å². The van der Waals surface area contributed by atoms with E-state index in [2.05, 4.69) is 9.97 Å². The van der Waals surface area contributed by atoms with Crippen LogP contribution in [-0.4, -0.2) is 15.9 Å². The van der Waals surface area contributed by atoms with Crippen molar-refractivity contribution in [2.45, 2.75) is 6.42 Å². The zero-order chi connectivity index (χ0) is 10.7. The van der Waals surface area contributed by atoms with Gasteiger partial charge in [0.25, 0.3) is 0 Å². The average Bonchev–Trinajstić information content (AvgIpc) is 2.68. The predicted octanol–water partition coefficient (Wildman–Crippen LogP) is -2.63. The van der Waals surface area contributed by atoms with Gasteiger partial charge in [-0.2, -0.15) is 0 Å². The largest absolute Gasteiger partial charge is 1.00 e. The smallest absolute Gasteiger partial charge is 0.543 e. The number of nitrogens with zero attached hydrogens (tertiary/aromatic N) is 1. The van der Waals surface area contributed by atoms with E-state index in [1.54, 1.807) is 12.3 Å². The second-order valence-corrected chi connectivity index (χ2v) is 3.18. The summed E-state index contributed by atoms with van der Waals surface area (Å²) in [6, 6.07) is 8.84. The molecule has 16 heavy (non-hydrogen) atoms. The minimum absolute atomic E-state index is 0. The minimum atomic E-state index is -1.19. The molecule has 0 atom stereocenters. The topological polar surface area (TPSA) is 68.8 Å². The van der Waals surface area contributed by atoms with Crippen molar-refractivity contribution in [2.75, 3.05) is 0 Å². The molecule has 2 aromatic heterocycles. The summed E-state index contributed by atoms with van der Waals surface area (Å²) in [6.07, 6.45) is 2.30. The van der Waals surface area contributed by atoms with Crippen molar-refractivity contribution in [3.8, 4) is 0 Å². The van der Waals surface area contributed by atoms with Gasteiger partial charge in [0, 0.05) is 24.0 Å². The molecule has 0 aliphatic rings. The normalized spacial score (nSPS) is 9.50. The van der Waals surface area contributed by atoms with Crippen molar-refractivity contribution in [3.05, 3.63) is 53.6 Å². The van der Waals surface area contributed by atoms with Crippen LogP contribution in [0.15, 0.2) is 36.5 Å². The van der Waals surface area contributed by atoms with Gasteiger partial charge in [-0.15, -0.1) is 0 Å². The van der Waals surface area contributed by atoms with E-state index < -0.39 is 5.97 Å². The second kappa shape index (κ2) is 5.55. The predicted molar refractivity (Wildman–Crippen MR) is 52.2 cm³/mol. The minimum Gasteiger partial charge on any atom is -0.543 e. The third-order valence-electron chi connectivity index (χ3n) is 2.06. The Morgan fingerprint density at radius 2 is 2.12 bits per heavy atom.